The zero-order valence-corrected chi connectivity index (χ0v) is 9.20. The number of aryl methyl sites for hydroxylation is 1. The van der Waals surface area contributed by atoms with Crippen molar-refractivity contribution in [3.8, 4) is 0 Å². The van der Waals surface area contributed by atoms with Crippen molar-refractivity contribution in [1.82, 2.24) is 4.98 Å². The van der Waals surface area contributed by atoms with E-state index >= 15 is 0 Å². The van der Waals surface area contributed by atoms with Crippen molar-refractivity contribution in [3.63, 3.8) is 0 Å². The molecule has 94 valence electrons. The lowest BCUT2D eigenvalue weighted by molar-refractivity contribution is 0.0662. The number of carboxylic acids is 1. The molecule has 0 saturated heterocycles. The fourth-order valence-corrected chi connectivity index (χ4v) is 1.35. The number of anilines is 2. The van der Waals surface area contributed by atoms with Crippen LogP contribution in [0.25, 0.3) is 0 Å². The predicted octanol–water partition coefficient (Wildman–Crippen LogP) is 2.70. The quantitative estimate of drug-likeness (QED) is 0.880. The summed E-state index contributed by atoms with van der Waals surface area (Å²) in [6.07, 6.45) is 0. The van der Waals surface area contributed by atoms with Gasteiger partial charge in [-0.25, -0.2) is 13.6 Å². The van der Waals surface area contributed by atoms with Crippen LogP contribution in [0.3, 0.4) is 0 Å². The Morgan fingerprint density at radius 3 is 2.72 bits per heavy atom. The Kier molecular flexibility index (Phi) is 2.97. The number of carbonyl (C=O) groups is 1. The van der Waals surface area contributed by atoms with Gasteiger partial charge in [-0.1, -0.05) is 0 Å². The van der Waals surface area contributed by atoms with Crippen molar-refractivity contribution in [2.24, 2.45) is 0 Å². The van der Waals surface area contributed by atoms with Crippen molar-refractivity contribution in [1.29, 1.82) is 0 Å². The van der Waals surface area contributed by atoms with Crippen molar-refractivity contribution in [2.45, 2.75) is 6.92 Å². The van der Waals surface area contributed by atoms with Gasteiger partial charge in [0.25, 0.3) is 6.01 Å². The molecule has 0 bridgehead atoms. The standard InChI is InChI=1S/C11H8F2N2O3/c1-5-9(10(16)17)18-11(14-5)15-8-3-2-6(12)4-7(8)13/h2-4H,1H3,(H,14,15)(H,16,17). The summed E-state index contributed by atoms with van der Waals surface area (Å²) in [7, 11) is 0. The number of carboxylic acid groups (broad SMARTS) is 1. The summed E-state index contributed by atoms with van der Waals surface area (Å²) >= 11 is 0. The van der Waals surface area contributed by atoms with Gasteiger partial charge in [-0.3, -0.25) is 0 Å². The molecule has 0 unspecified atom stereocenters. The highest BCUT2D eigenvalue weighted by Crippen LogP contribution is 2.22. The molecule has 5 nitrogen and oxygen atoms in total. The smallest absolute Gasteiger partial charge is 0.373 e. The van der Waals surface area contributed by atoms with Gasteiger partial charge in [0.05, 0.1) is 11.4 Å². The highest BCUT2D eigenvalue weighted by atomic mass is 19.1. The predicted molar refractivity (Wildman–Crippen MR) is 57.8 cm³/mol. The summed E-state index contributed by atoms with van der Waals surface area (Å²) in [6.45, 7) is 1.44. The topological polar surface area (TPSA) is 75.4 Å². The highest BCUT2D eigenvalue weighted by Gasteiger charge is 2.17. The average molecular weight is 254 g/mol. The molecule has 0 aliphatic carbocycles. The molecular weight excluding hydrogens is 246 g/mol. The molecule has 0 atom stereocenters. The zero-order valence-electron chi connectivity index (χ0n) is 9.20. The minimum absolute atomic E-state index is 0.0606. The van der Waals surface area contributed by atoms with Crippen molar-refractivity contribution >= 4 is 17.7 Å². The molecule has 1 aromatic carbocycles. The van der Waals surface area contributed by atoms with Crippen LogP contribution in [-0.4, -0.2) is 16.1 Å². The first-order valence-electron chi connectivity index (χ1n) is 4.90. The first-order valence-corrected chi connectivity index (χ1v) is 4.90. The SMILES string of the molecule is Cc1nc(Nc2ccc(F)cc2F)oc1C(=O)O. The second-order valence-electron chi connectivity index (χ2n) is 3.49. The van der Waals surface area contributed by atoms with Crippen molar-refractivity contribution < 1.29 is 23.1 Å². The van der Waals surface area contributed by atoms with E-state index < -0.39 is 17.6 Å². The van der Waals surface area contributed by atoms with Crippen LogP contribution >= 0.6 is 0 Å². The van der Waals surface area contributed by atoms with Crippen LogP contribution in [0.5, 0.6) is 0 Å². The number of hydrogen-bond acceptors (Lipinski definition) is 4. The maximum absolute atomic E-state index is 13.3. The number of nitrogens with one attached hydrogen (secondary N) is 1. The molecule has 2 aromatic rings. The fourth-order valence-electron chi connectivity index (χ4n) is 1.35. The summed E-state index contributed by atoms with van der Waals surface area (Å²) in [6, 6.07) is 2.73. The van der Waals surface area contributed by atoms with E-state index in [0.717, 1.165) is 12.1 Å². The number of nitrogens with zero attached hydrogens (tertiary/aromatic N) is 1. The number of rotatable bonds is 3. The molecule has 0 amide bonds. The van der Waals surface area contributed by atoms with Crippen molar-refractivity contribution in [2.75, 3.05) is 5.32 Å². The van der Waals surface area contributed by atoms with Crippen LogP contribution < -0.4 is 5.32 Å². The third kappa shape index (κ3) is 2.29. The number of aromatic nitrogens is 1. The van der Waals surface area contributed by atoms with Gasteiger partial charge < -0.3 is 14.8 Å². The molecule has 0 saturated carbocycles. The first-order chi connectivity index (χ1) is 8.47. The first kappa shape index (κ1) is 12.0. The third-order valence-corrected chi connectivity index (χ3v) is 2.16. The number of aromatic carboxylic acids is 1. The fraction of sp³-hybridized carbons (Fsp3) is 0.0909. The molecule has 7 heteroatoms. The second kappa shape index (κ2) is 4.44. The Labute approximate surface area is 100 Å². The van der Waals surface area contributed by atoms with Crippen LogP contribution in [-0.2, 0) is 0 Å². The molecule has 0 spiro atoms. The lowest BCUT2D eigenvalue weighted by Gasteiger charge is -2.02. The molecule has 0 aliphatic heterocycles. The molecule has 0 fully saturated rings. The van der Waals surface area contributed by atoms with E-state index in [1.54, 1.807) is 0 Å². The number of hydrogen-bond donors (Lipinski definition) is 2. The van der Waals surface area contributed by atoms with Gasteiger partial charge in [0, 0.05) is 6.07 Å². The molecule has 1 aromatic heterocycles. The third-order valence-electron chi connectivity index (χ3n) is 2.16. The molecule has 2 N–H and O–H groups in total. The largest absolute Gasteiger partial charge is 0.475 e. The Balaban J connectivity index is 2.29. The Hall–Kier alpha value is -2.44. The van der Waals surface area contributed by atoms with Gasteiger partial charge in [-0.15, -0.1) is 0 Å². The number of oxazole rings is 1. The van der Waals surface area contributed by atoms with Crippen LogP contribution in [0.15, 0.2) is 22.6 Å². The Morgan fingerprint density at radius 1 is 1.44 bits per heavy atom. The summed E-state index contributed by atoms with van der Waals surface area (Å²) in [5, 5.41) is 11.2. The van der Waals surface area contributed by atoms with E-state index in [1.165, 1.54) is 6.92 Å². The van der Waals surface area contributed by atoms with Crippen LogP contribution in [0.4, 0.5) is 20.5 Å². The molecular formula is C11H8F2N2O3. The summed E-state index contributed by atoms with van der Waals surface area (Å²) in [5.74, 6) is -3.15. The van der Waals surface area contributed by atoms with E-state index in [0.29, 0.717) is 6.07 Å². The maximum Gasteiger partial charge on any atom is 0.373 e. The van der Waals surface area contributed by atoms with Crippen LogP contribution in [0.1, 0.15) is 16.2 Å². The van der Waals surface area contributed by atoms with E-state index in [9.17, 15) is 13.6 Å². The van der Waals surface area contributed by atoms with Gasteiger partial charge in [0.15, 0.2) is 0 Å². The van der Waals surface area contributed by atoms with E-state index in [1.807, 2.05) is 0 Å². The maximum atomic E-state index is 13.3. The summed E-state index contributed by atoms with van der Waals surface area (Å²) in [5.41, 5.74) is 0.0992. The minimum atomic E-state index is -1.27. The van der Waals surface area contributed by atoms with Gasteiger partial charge in [0.1, 0.15) is 11.6 Å². The van der Waals surface area contributed by atoms with Crippen LogP contribution in [0.2, 0.25) is 0 Å². The van der Waals surface area contributed by atoms with Crippen molar-refractivity contribution in [3.05, 3.63) is 41.3 Å². The molecule has 0 aliphatic rings. The normalized spacial score (nSPS) is 10.4. The highest BCUT2D eigenvalue weighted by molar-refractivity contribution is 5.85. The van der Waals surface area contributed by atoms with E-state index in [4.69, 9.17) is 9.52 Å². The summed E-state index contributed by atoms with van der Waals surface area (Å²) in [4.78, 5) is 14.5. The monoisotopic (exact) mass is 254 g/mol. The number of benzene rings is 1. The molecule has 18 heavy (non-hydrogen) atoms. The zero-order chi connectivity index (χ0) is 13.3. The average Bonchev–Trinajstić information content (AvgIpc) is 2.64. The van der Waals surface area contributed by atoms with Crippen LogP contribution in [0, 0.1) is 18.6 Å². The van der Waals surface area contributed by atoms with E-state index in [2.05, 4.69) is 10.3 Å². The van der Waals surface area contributed by atoms with Gasteiger partial charge in [0.2, 0.25) is 5.76 Å². The Bertz CT molecular complexity index is 610. The number of halogens is 2. The summed E-state index contributed by atoms with van der Waals surface area (Å²) < 4.78 is 30.9. The Morgan fingerprint density at radius 2 is 2.17 bits per heavy atom. The lowest BCUT2D eigenvalue weighted by atomic mass is 10.3. The van der Waals surface area contributed by atoms with Gasteiger partial charge >= 0.3 is 5.97 Å². The van der Waals surface area contributed by atoms with Gasteiger partial charge in [-0.2, -0.15) is 4.98 Å². The minimum Gasteiger partial charge on any atom is -0.475 e. The molecule has 1 heterocycles. The molecule has 0 radical (unpaired) electrons. The van der Waals surface area contributed by atoms with E-state index in [-0.39, 0.29) is 23.2 Å². The second-order valence-corrected chi connectivity index (χ2v) is 3.49. The van der Waals surface area contributed by atoms with Gasteiger partial charge in [-0.05, 0) is 19.1 Å². The lowest BCUT2D eigenvalue weighted by Crippen LogP contribution is -1.95. The molecule has 2 rings (SSSR count).